The Morgan fingerprint density at radius 1 is 1.42 bits per heavy atom. The number of thiophene rings is 1. The second-order valence-electron chi connectivity index (χ2n) is 6.33. The maximum atomic E-state index is 12.2. The van der Waals surface area contributed by atoms with Crippen LogP contribution in [0.2, 0.25) is 5.02 Å². The first-order chi connectivity index (χ1) is 12.5. The zero-order chi connectivity index (χ0) is 18.7. The fourth-order valence-electron chi connectivity index (χ4n) is 2.91. The van der Waals surface area contributed by atoms with Crippen molar-refractivity contribution >= 4 is 40.5 Å². The van der Waals surface area contributed by atoms with E-state index in [9.17, 15) is 9.59 Å². The first kappa shape index (κ1) is 18.4. The molecular formula is C19H17ClN2O3S. The minimum atomic E-state index is -0.521. The monoisotopic (exact) mass is 388 g/mol. The predicted molar refractivity (Wildman–Crippen MR) is 101 cm³/mol. The van der Waals surface area contributed by atoms with Gasteiger partial charge < -0.3 is 10.1 Å². The minimum Gasteiger partial charge on any atom is -0.451 e. The predicted octanol–water partition coefficient (Wildman–Crippen LogP) is 4.19. The Morgan fingerprint density at radius 2 is 2.23 bits per heavy atom. The quantitative estimate of drug-likeness (QED) is 0.796. The Labute approximate surface area is 160 Å². The standard InChI is InChI=1S/C19H17ClN2O3S/c1-11-2-5-16-13(6-11)7-17(26-16)19(24)25-10-18(23)22-15-8-14(20)4-3-12(15)9-21/h3-4,7-8,11H,2,5-6,10H2,1H3,(H,22,23)/t11-/m1/s1. The average molecular weight is 389 g/mol. The molecule has 0 fully saturated rings. The number of fused-ring (bicyclic) bond motifs is 1. The van der Waals surface area contributed by atoms with Crippen molar-refractivity contribution in [2.24, 2.45) is 5.92 Å². The highest BCUT2D eigenvalue weighted by Crippen LogP contribution is 2.32. The molecule has 134 valence electrons. The smallest absolute Gasteiger partial charge is 0.348 e. The molecule has 1 aliphatic rings. The number of nitrogens with one attached hydrogen (secondary N) is 1. The van der Waals surface area contributed by atoms with Crippen molar-refractivity contribution in [3.05, 3.63) is 50.2 Å². The molecule has 1 N–H and O–H groups in total. The zero-order valence-electron chi connectivity index (χ0n) is 14.2. The summed E-state index contributed by atoms with van der Waals surface area (Å²) < 4.78 is 5.11. The van der Waals surface area contributed by atoms with Crippen molar-refractivity contribution in [3.8, 4) is 6.07 Å². The lowest BCUT2D eigenvalue weighted by atomic mass is 9.90. The summed E-state index contributed by atoms with van der Waals surface area (Å²) in [6.07, 6.45) is 3.09. The molecule has 3 rings (SSSR count). The highest BCUT2D eigenvalue weighted by molar-refractivity contribution is 7.14. The Kier molecular flexibility index (Phi) is 5.60. The van der Waals surface area contributed by atoms with Gasteiger partial charge in [0.1, 0.15) is 10.9 Å². The highest BCUT2D eigenvalue weighted by atomic mass is 35.5. The third-order valence-corrected chi connectivity index (χ3v) is 5.69. The van der Waals surface area contributed by atoms with E-state index in [0.29, 0.717) is 21.5 Å². The number of amides is 1. The van der Waals surface area contributed by atoms with Gasteiger partial charge in [0.25, 0.3) is 5.91 Å². The molecule has 2 aromatic rings. The van der Waals surface area contributed by atoms with Crippen LogP contribution in [0.5, 0.6) is 0 Å². The second-order valence-corrected chi connectivity index (χ2v) is 7.91. The van der Waals surface area contributed by atoms with Crippen LogP contribution in [-0.4, -0.2) is 18.5 Å². The summed E-state index contributed by atoms with van der Waals surface area (Å²) in [5.41, 5.74) is 1.79. The Hall–Kier alpha value is -2.36. The SMILES string of the molecule is C[C@@H]1CCc2sc(C(=O)OCC(=O)Nc3cc(Cl)ccc3C#N)cc2C1. The van der Waals surface area contributed by atoms with Gasteiger partial charge in [-0.25, -0.2) is 4.79 Å². The van der Waals surface area contributed by atoms with Gasteiger partial charge in [-0.05, 0) is 55.0 Å². The Bertz CT molecular complexity index is 901. The molecule has 26 heavy (non-hydrogen) atoms. The molecule has 0 bridgehead atoms. The highest BCUT2D eigenvalue weighted by Gasteiger charge is 2.22. The summed E-state index contributed by atoms with van der Waals surface area (Å²) in [7, 11) is 0. The van der Waals surface area contributed by atoms with Gasteiger partial charge in [-0.2, -0.15) is 5.26 Å². The lowest BCUT2D eigenvalue weighted by molar-refractivity contribution is -0.119. The summed E-state index contributed by atoms with van der Waals surface area (Å²) in [5.74, 6) is -0.398. The number of hydrogen-bond acceptors (Lipinski definition) is 5. The molecule has 0 saturated carbocycles. The fourth-order valence-corrected chi connectivity index (χ4v) is 4.19. The average Bonchev–Trinajstić information content (AvgIpc) is 3.03. The number of nitriles is 1. The number of carbonyl (C=O) groups excluding carboxylic acids is 2. The van der Waals surface area contributed by atoms with E-state index >= 15 is 0 Å². The minimum absolute atomic E-state index is 0.286. The van der Waals surface area contributed by atoms with Crippen molar-refractivity contribution in [2.45, 2.75) is 26.2 Å². The lowest BCUT2D eigenvalue weighted by Crippen LogP contribution is -2.21. The van der Waals surface area contributed by atoms with Gasteiger partial charge in [0, 0.05) is 9.90 Å². The topological polar surface area (TPSA) is 79.2 Å². The molecule has 1 amide bonds. The third-order valence-electron chi connectivity index (χ3n) is 4.24. The van der Waals surface area contributed by atoms with Gasteiger partial charge in [-0.1, -0.05) is 18.5 Å². The van der Waals surface area contributed by atoms with Gasteiger partial charge in [0.2, 0.25) is 0 Å². The van der Waals surface area contributed by atoms with Crippen molar-refractivity contribution in [1.82, 2.24) is 0 Å². The second kappa shape index (κ2) is 7.90. The molecule has 1 aromatic heterocycles. The zero-order valence-corrected chi connectivity index (χ0v) is 15.7. The molecule has 0 aliphatic heterocycles. The molecule has 1 aromatic carbocycles. The van der Waals surface area contributed by atoms with E-state index in [2.05, 4.69) is 12.2 Å². The number of ether oxygens (including phenoxy) is 1. The van der Waals surface area contributed by atoms with E-state index < -0.39 is 18.5 Å². The van der Waals surface area contributed by atoms with Crippen LogP contribution in [0.3, 0.4) is 0 Å². The number of esters is 1. The number of hydrogen-bond donors (Lipinski definition) is 1. The number of nitrogens with zero attached hydrogens (tertiary/aromatic N) is 1. The first-order valence-corrected chi connectivity index (χ1v) is 9.44. The van der Waals surface area contributed by atoms with Crippen LogP contribution in [0.25, 0.3) is 0 Å². The molecule has 7 heteroatoms. The van der Waals surface area contributed by atoms with Crippen LogP contribution >= 0.6 is 22.9 Å². The molecule has 1 atom stereocenters. The Balaban J connectivity index is 1.59. The van der Waals surface area contributed by atoms with Gasteiger partial charge in [-0.15, -0.1) is 11.3 Å². The fraction of sp³-hybridized carbons (Fsp3) is 0.316. The molecule has 0 spiro atoms. The van der Waals surface area contributed by atoms with Crippen molar-refractivity contribution in [2.75, 3.05) is 11.9 Å². The maximum Gasteiger partial charge on any atom is 0.348 e. The summed E-state index contributed by atoms with van der Waals surface area (Å²) in [5, 5.41) is 12.0. The number of carbonyl (C=O) groups is 2. The van der Waals surface area contributed by atoms with Gasteiger partial charge in [0.15, 0.2) is 6.61 Å². The molecule has 0 radical (unpaired) electrons. The molecule has 1 heterocycles. The van der Waals surface area contributed by atoms with E-state index in [1.54, 1.807) is 6.07 Å². The molecular weight excluding hydrogens is 372 g/mol. The van der Waals surface area contributed by atoms with E-state index in [0.717, 1.165) is 19.3 Å². The van der Waals surface area contributed by atoms with Crippen molar-refractivity contribution in [1.29, 1.82) is 5.26 Å². The van der Waals surface area contributed by atoms with Gasteiger partial charge >= 0.3 is 5.97 Å². The largest absolute Gasteiger partial charge is 0.451 e. The summed E-state index contributed by atoms with van der Waals surface area (Å²) >= 11 is 7.32. The van der Waals surface area contributed by atoms with Gasteiger partial charge in [-0.3, -0.25) is 4.79 Å². The van der Waals surface area contributed by atoms with Gasteiger partial charge in [0.05, 0.1) is 11.3 Å². The normalized spacial score (nSPS) is 15.7. The number of benzene rings is 1. The van der Waals surface area contributed by atoms with Crippen LogP contribution in [0.1, 0.15) is 39.0 Å². The van der Waals surface area contributed by atoms with E-state index in [-0.39, 0.29) is 5.56 Å². The van der Waals surface area contributed by atoms with E-state index in [1.807, 2.05) is 12.1 Å². The number of aryl methyl sites for hydroxylation is 1. The summed E-state index contributed by atoms with van der Waals surface area (Å²) in [6, 6.07) is 8.41. The van der Waals surface area contributed by atoms with E-state index in [1.165, 1.54) is 33.9 Å². The third kappa shape index (κ3) is 4.24. The summed E-state index contributed by atoms with van der Waals surface area (Å²) in [6.45, 7) is 1.78. The van der Waals surface area contributed by atoms with Crippen molar-refractivity contribution < 1.29 is 14.3 Å². The molecule has 5 nitrogen and oxygen atoms in total. The maximum absolute atomic E-state index is 12.2. The molecule has 0 saturated heterocycles. The molecule has 1 aliphatic carbocycles. The van der Waals surface area contributed by atoms with Crippen LogP contribution in [0.15, 0.2) is 24.3 Å². The number of halogens is 1. The van der Waals surface area contributed by atoms with Crippen LogP contribution in [-0.2, 0) is 22.4 Å². The van der Waals surface area contributed by atoms with Crippen LogP contribution < -0.4 is 5.32 Å². The molecule has 0 unspecified atom stereocenters. The van der Waals surface area contributed by atoms with Crippen molar-refractivity contribution in [3.63, 3.8) is 0 Å². The summed E-state index contributed by atoms with van der Waals surface area (Å²) in [4.78, 5) is 26.0. The van der Waals surface area contributed by atoms with Crippen LogP contribution in [0.4, 0.5) is 5.69 Å². The Morgan fingerprint density at radius 3 is 3.00 bits per heavy atom. The first-order valence-electron chi connectivity index (χ1n) is 8.24. The van der Waals surface area contributed by atoms with Crippen LogP contribution in [0, 0.1) is 17.2 Å². The number of rotatable bonds is 4. The van der Waals surface area contributed by atoms with E-state index in [4.69, 9.17) is 21.6 Å². The number of anilines is 1. The lowest BCUT2D eigenvalue weighted by Gasteiger charge is -2.16.